The van der Waals surface area contributed by atoms with Crippen molar-refractivity contribution in [2.24, 2.45) is 0 Å². The van der Waals surface area contributed by atoms with Crippen LogP contribution in [0.5, 0.6) is 11.5 Å². The summed E-state index contributed by atoms with van der Waals surface area (Å²) in [6.45, 7) is 7.04. The van der Waals surface area contributed by atoms with E-state index in [1.165, 1.54) is 6.07 Å². The van der Waals surface area contributed by atoms with Gasteiger partial charge in [-0.3, -0.25) is 14.4 Å². The molecule has 12 nitrogen and oxygen atoms in total. The molecule has 0 atom stereocenters. The fourth-order valence-electron chi connectivity index (χ4n) is 6.67. The number of pyridine rings is 2. The van der Waals surface area contributed by atoms with E-state index in [2.05, 4.69) is 15.0 Å². The van der Waals surface area contributed by atoms with Crippen molar-refractivity contribution in [3.05, 3.63) is 151 Å². The number of rotatable bonds is 6. The maximum Gasteiger partial charge on any atom is 0.346 e. The number of ether oxygens (including phenoxy) is 2. The molecule has 260 valence electrons. The molecule has 0 bridgehead atoms. The highest BCUT2D eigenvalue weighted by atomic mass is 16.5. The number of nitrogens with zero attached hydrogens (tertiary/aromatic N) is 4. The number of fused-ring (bicyclic) bond motifs is 4. The molecule has 8 rings (SSSR count). The predicted octanol–water partition coefficient (Wildman–Crippen LogP) is 6.33. The second kappa shape index (κ2) is 13.1. The Morgan fingerprint density at radius 2 is 1.17 bits per heavy atom. The Balaban J connectivity index is 0.000000162. The number of aryl methyl sites for hydroxylation is 2. The third kappa shape index (κ3) is 5.59. The quantitative estimate of drug-likeness (QED) is 0.197. The molecule has 0 unspecified atom stereocenters. The summed E-state index contributed by atoms with van der Waals surface area (Å²) in [5.74, 6) is 1.79. The fraction of sp³-hybridized carbons (Fsp3) is 0.150. The topological polar surface area (TPSA) is 150 Å². The van der Waals surface area contributed by atoms with E-state index in [9.17, 15) is 19.2 Å². The summed E-state index contributed by atoms with van der Waals surface area (Å²) in [6.07, 6.45) is 3.65. The summed E-state index contributed by atoms with van der Waals surface area (Å²) in [6, 6.07) is 21.2. The second-order valence-electron chi connectivity index (χ2n) is 12.2. The zero-order valence-electron chi connectivity index (χ0n) is 29.2. The molecule has 0 saturated heterocycles. The van der Waals surface area contributed by atoms with Crippen LogP contribution in [0, 0.1) is 27.7 Å². The predicted molar refractivity (Wildman–Crippen MR) is 196 cm³/mol. The van der Waals surface area contributed by atoms with E-state index in [4.69, 9.17) is 13.9 Å². The fourth-order valence-corrected chi connectivity index (χ4v) is 6.67. The van der Waals surface area contributed by atoms with E-state index in [0.29, 0.717) is 62.1 Å². The molecule has 2 aromatic carbocycles. The lowest BCUT2D eigenvalue weighted by Gasteiger charge is -2.05. The van der Waals surface area contributed by atoms with Crippen LogP contribution in [0.4, 0.5) is 0 Å². The Bertz CT molecular complexity index is 2660. The van der Waals surface area contributed by atoms with Gasteiger partial charge in [-0.1, -0.05) is 12.1 Å². The molecule has 52 heavy (non-hydrogen) atoms. The second-order valence-corrected chi connectivity index (χ2v) is 12.2. The van der Waals surface area contributed by atoms with Crippen molar-refractivity contribution in [1.29, 1.82) is 0 Å². The highest BCUT2D eigenvalue weighted by molar-refractivity contribution is 6.12. The first-order chi connectivity index (χ1) is 25.0. The van der Waals surface area contributed by atoms with E-state index in [-0.39, 0.29) is 22.5 Å². The van der Waals surface area contributed by atoms with E-state index < -0.39 is 5.63 Å². The highest BCUT2D eigenvalue weighted by Gasteiger charge is 2.24. The van der Waals surface area contributed by atoms with E-state index in [1.807, 2.05) is 67.0 Å². The molecule has 1 N–H and O–H groups in total. The zero-order chi connectivity index (χ0) is 36.8. The standard InChI is InChI=1S/C20H17N3O3.C20H16N2O4/c1-11-17(23-9-5-4-6-16(23)19(11)26-3)18(24)13-7-8-15-14(10-13)20(25)22-12(2)21-15;1-11-17(22-9-5-4-6-16(22)19(11)25-3)18(23)13-7-8-15-14(10-13)20(24)26-12(2)21-15/h4-10H,1-3H3,(H,21,22,25);4-10H,1-3H3. The first-order valence-electron chi connectivity index (χ1n) is 16.3. The van der Waals surface area contributed by atoms with Gasteiger partial charge in [0.1, 0.15) is 28.7 Å². The SMILES string of the molecule is COc1c(C)c(C(=O)c2ccc3nc(C)[nH]c(=O)c3c2)n2ccccc12.COc1c(C)c(C(=O)c2ccc3nc(C)oc(=O)c3c2)n2ccccc12. The molecule has 0 aliphatic rings. The lowest BCUT2D eigenvalue weighted by molar-refractivity contribution is 0.102. The summed E-state index contributed by atoms with van der Waals surface area (Å²) in [4.78, 5) is 61.9. The number of carbonyl (C=O) groups excluding carboxylic acids is 2. The molecule has 0 saturated carbocycles. The molecule has 0 aliphatic carbocycles. The van der Waals surface area contributed by atoms with Crippen LogP contribution in [0.25, 0.3) is 32.8 Å². The Morgan fingerprint density at radius 3 is 1.69 bits per heavy atom. The van der Waals surface area contributed by atoms with Gasteiger partial charge in [0.05, 0.1) is 47.1 Å². The van der Waals surface area contributed by atoms with Crippen LogP contribution in [0.3, 0.4) is 0 Å². The number of ketones is 2. The molecule has 0 radical (unpaired) electrons. The highest BCUT2D eigenvalue weighted by Crippen LogP contribution is 2.33. The molecule has 0 fully saturated rings. The molecule has 0 aliphatic heterocycles. The van der Waals surface area contributed by atoms with Gasteiger partial charge in [0, 0.05) is 41.6 Å². The summed E-state index contributed by atoms with van der Waals surface area (Å²) in [7, 11) is 3.17. The number of carbonyl (C=O) groups is 2. The minimum absolute atomic E-state index is 0.172. The van der Waals surface area contributed by atoms with Crippen molar-refractivity contribution in [3.8, 4) is 11.5 Å². The Kier molecular flexibility index (Phi) is 8.51. The van der Waals surface area contributed by atoms with Gasteiger partial charge in [-0.15, -0.1) is 0 Å². The third-order valence-corrected chi connectivity index (χ3v) is 8.98. The molecule has 0 spiro atoms. The number of hydrogen-bond acceptors (Lipinski definition) is 9. The average Bonchev–Trinajstić information content (AvgIpc) is 3.59. The van der Waals surface area contributed by atoms with Gasteiger partial charge in [0.2, 0.25) is 11.6 Å². The van der Waals surface area contributed by atoms with Crippen LogP contribution in [-0.2, 0) is 0 Å². The summed E-state index contributed by atoms with van der Waals surface area (Å²) in [5.41, 5.74) is 5.31. The number of methoxy groups -OCH3 is 2. The van der Waals surface area contributed by atoms with Crippen LogP contribution in [-0.4, -0.2) is 49.5 Å². The maximum absolute atomic E-state index is 13.2. The van der Waals surface area contributed by atoms with Crippen LogP contribution in [0.15, 0.2) is 99.2 Å². The molecular weight excluding hydrogens is 662 g/mol. The van der Waals surface area contributed by atoms with Crippen molar-refractivity contribution in [3.63, 3.8) is 0 Å². The summed E-state index contributed by atoms with van der Waals surface area (Å²) < 4.78 is 19.6. The minimum Gasteiger partial charge on any atom is -0.494 e. The van der Waals surface area contributed by atoms with Gasteiger partial charge in [-0.05, 0) is 81.4 Å². The Labute approximate surface area is 295 Å². The van der Waals surface area contributed by atoms with E-state index >= 15 is 0 Å². The molecular formula is C40H33N5O7. The molecule has 6 aromatic heterocycles. The first-order valence-corrected chi connectivity index (χ1v) is 16.3. The van der Waals surface area contributed by atoms with Gasteiger partial charge in [0.15, 0.2) is 5.89 Å². The van der Waals surface area contributed by atoms with Crippen LogP contribution < -0.4 is 20.7 Å². The lowest BCUT2D eigenvalue weighted by Crippen LogP contribution is -2.12. The van der Waals surface area contributed by atoms with Gasteiger partial charge >= 0.3 is 5.63 Å². The number of benzene rings is 2. The smallest absolute Gasteiger partial charge is 0.346 e. The maximum atomic E-state index is 13.2. The van der Waals surface area contributed by atoms with Crippen LogP contribution in [0.2, 0.25) is 0 Å². The number of hydrogen-bond donors (Lipinski definition) is 1. The van der Waals surface area contributed by atoms with E-state index in [1.54, 1.807) is 62.8 Å². The average molecular weight is 696 g/mol. The number of aromatic nitrogens is 5. The van der Waals surface area contributed by atoms with Crippen LogP contribution >= 0.6 is 0 Å². The third-order valence-electron chi connectivity index (χ3n) is 8.98. The van der Waals surface area contributed by atoms with Crippen molar-refractivity contribution in [2.45, 2.75) is 27.7 Å². The van der Waals surface area contributed by atoms with Gasteiger partial charge in [-0.2, -0.15) is 0 Å². The number of aromatic amines is 1. The van der Waals surface area contributed by atoms with Crippen molar-refractivity contribution in [2.75, 3.05) is 14.2 Å². The van der Waals surface area contributed by atoms with Gasteiger partial charge in [0.25, 0.3) is 5.56 Å². The van der Waals surface area contributed by atoms with Crippen molar-refractivity contribution in [1.82, 2.24) is 23.8 Å². The molecule has 0 amide bonds. The van der Waals surface area contributed by atoms with Gasteiger partial charge in [-0.25, -0.2) is 14.8 Å². The van der Waals surface area contributed by atoms with E-state index in [0.717, 1.165) is 22.2 Å². The number of nitrogens with one attached hydrogen (secondary N) is 1. The normalized spacial score (nSPS) is 11.2. The minimum atomic E-state index is -0.503. The molecule has 6 heterocycles. The van der Waals surface area contributed by atoms with Crippen molar-refractivity contribution >= 4 is 44.4 Å². The monoisotopic (exact) mass is 695 g/mol. The van der Waals surface area contributed by atoms with Gasteiger partial charge < -0.3 is 27.7 Å². The zero-order valence-corrected chi connectivity index (χ0v) is 29.2. The lowest BCUT2D eigenvalue weighted by atomic mass is 10.0. The first kappa shape index (κ1) is 33.7. The van der Waals surface area contributed by atoms with Crippen LogP contribution in [0.1, 0.15) is 54.9 Å². The molecule has 12 heteroatoms. The Morgan fingerprint density at radius 1 is 0.673 bits per heavy atom. The largest absolute Gasteiger partial charge is 0.494 e. The Hall–Kier alpha value is -6.82. The van der Waals surface area contributed by atoms with Crippen molar-refractivity contribution < 1.29 is 23.5 Å². The summed E-state index contributed by atoms with van der Waals surface area (Å²) >= 11 is 0. The summed E-state index contributed by atoms with van der Waals surface area (Å²) in [5, 5.41) is 0.679. The number of H-pyrrole nitrogens is 1. The molecule has 8 aromatic rings.